The SMILES string of the molecule is CC(NCCO)C1CCCN(C(=O)OC(C)(C)C)C1. The van der Waals surface area contributed by atoms with Gasteiger partial charge in [-0.3, -0.25) is 0 Å². The van der Waals surface area contributed by atoms with Crippen molar-refractivity contribution in [1.29, 1.82) is 0 Å². The molecule has 0 radical (unpaired) electrons. The average molecular weight is 272 g/mol. The van der Waals surface area contributed by atoms with Crippen molar-refractivity contribution in [2.75, 3.05) is 26.2 Å². The van der Waals surface area contributed by atoms with Crippen LogP contribution in [-0.2, 0) is 4.74 Å². The summed E-state index contributed by atoms with van der Waals surface area (Å²) in [4.78, 5) is 13.8. The molecule has 1 heterocycles. The fourth-order valence-corrected chi connectivity index (χ4v) is 2.37. The summed E-state index contributed by atoms with van der Waals surface area (Å²) in [6.45, 7) is 10.0. The number of likely N-dealkylation sites (tertiary alicyclic amines) is 1. The van der Waals surface area contributed by atoms with Crippen LogP contribution in [0.25, 0.3) is 0 Å². The normalized spacial score (nSPS) is 22.2. The first kappa shape index (κ1) is 16.2. The summed E-state index contributed by atoms with van der Waals surface area (Å²) in [5.41, 5.74) is -0.440. The van der Waals surface area contributed by atoms with E-state index in [4.69, 9.17) is 9.84 Å². The Bertz CT molecular complexity index is 289. The molecule has 5 nitrogen and oxygen atoms in total. The minimum absolute atomic E-state index is 0.146. The molecule has 19 heavy (non-hydrogen) atoms. The van der Waals surface area contributed by atoms with Gasteiger partial charge in [-0.05, 0) is 46.5 Å². The van der Waals surface area contributed by atoms with E-state index in [0.717, 1.165) is 25.9 Å². The first-order valence-electron chi connectivity index (χ1n) is 7.15. The quantitative estimate of drug-likeness (QED) is 0.816. The van der Waals surface area contributed by atoms with Crippen molar-refractivity contribution in [3.05, 3.63) is 0 Å². The van der Waals surface area contributed by atoms with Gasteiger partial charge in [-0.15, -0.1) is 0 Å². The lowest BCUT2D eigenvalue weighted by Gasteiger charge is -2.36. The summed E-state index contributed by atoms with van der Waals surface area (Å²) in [5.74, 6) is 0.424. The van der Waals surface area contributed by atoms with Crippen LogP contribution in [0.1, 0.15) is 40.5 Å². The Balaban J connectivity index is 2.47. The van der Waals surface area contributed by atoms with E-state index in [1.165, 1.54) is 0 Å². The highest BCUT2D eigenvalue weighted by Gasteiger charge is 2.29. The molecule has 0 aromatic heterocycles. The van der Waals surface area contributed by atoms with E-state index in [1.807, 2.05) is 20.8 Å². The number of nitrogens with zero attached hydrogens (tertiary/aromatic N) is 1. The lowest BCUT2D eigenvalue weighted by molar-refractivity contribution is 0.0147. The smallest absolute Gasteiger partial charge is 0.410 e. The molecule has 1 aliphatic rings. The number of aliphatic hydroxyl groups is 1. The molecule has 2 N–H and O–H groups in total. The van der Waals surface area contributed by atoms with Gasteiger partial charge in [-0.2, -0.15) is 0 Å². The van der Waals surface area contributed by atoms with Crippen LogP contribution in [0, 0.1) is 5.92 Å². The molecule has 5 heteroatoms. The summed E-state index contributed by atoms with van der Waals surface area (Å²) < 4.78 is 5.41. The molecule has 0 saturated carbocycles. The van der Waals surface area contributed by atoms with Crippen LogP contribution in [0.2, 0.25) is 0 Å². The van der Waals surface area contributed by atoms with Crippen LogP contribution in [0.5, 0.6) is 0 Å². The van der Waals surface area contributed by atoms with E-state index in [9.17, 15) is 4.79 Å². The van der Waals surface area contributed by atoms with Gasteiger partial charge in [0.2, 0.25) is 0 Å². The Morgan fingerprint density at radius 2 is 2.21 bits per heavy atom. The van der Waals surface area contributed by atoms with Gasteiger partial charge in [0.1, 0.15) is 5.60 Å². The zero-order chi connectivity index (χ0) is 14.5. The van der Waals surface area contributed by atoms with Gasteiger partial charge in [0.05, 0.1) is 6.61 Å². The molecule has 2 atom stereocenters. The molecule has 1 fully saturated rings. The summed E-state index contributed by atoms with van der Waals surface area (Å²) in [6.07, 6.45) is 1.90. The number of hydrogen-bond donors (Lipinski definition) is 2. The van der Waals surface area contributed by atoms with Crippen molar-refractivity contribution < 1.29 is 14.6 Å². The molecule has 0 aromatic carbocycles. The third-order valence-electron chi connectivity index (χ3n) is 3.39. The van der Waals surface area contributed by atoms with Gasteiger partial charge < -0.3 is 20.1 Å². The molecule has 112 valence electrons. The van der Waals surface area contributed by atoms with Gasteiger partial charge in [-0.25, -0.2) is 4.79 Å². The summed E-state index contributed by atoms with van der Waals surface area (Å²) in [5, 5.41) is 12.1. The van der Waals surface area contributed by atoms with Crippen molar-refractivity contribution in [3.63, 3.8) is 0 Å². The van der Waals surface area contributed by atoms with E-state index >= 15 is 0 Å². The second-order valence-electron chi connectivity index (χ2n) is 6.30. The van der Waals surface area contributed by atoms with Crippen LogP contribution < -0.4 is 5.32 Å². The molecular weight excluding hydrogens is 244 g/mol. The number of carbonyl (C=O) groups is 1. The van der Waals surface area contributed by atoms with Crippen LogP contribution in [0.4, 0.5) is 4.79 Å². The van der Waals surface area contributed by atoms with Gasteiger partial charge in [0.15, 0.2) is 0 Å². The monoisotopic (exact) mass is 272 g/mol. The number of rotatable bonds is 4. The minimum Gasteiger partial charge on any atom is -0.444 e. The predicted octanol–water partition coefficient (Wildman–Crippen LogP) is 1.60. The van der Waals surface area contributed by atoms with Gasteiger partial charge >= 0.3 is 6.09 Å². The second kappa shape index (κ2) is 7.10. The maximum atomic E-state index is 12.0. The van der Waals surface area contributed by atoms with E-state index in [0.29, 0.717) is 18.5 Å². The number of nitrogens with one attached hydrogen (secondary N) is 1. The van der Waals surface area contributed by atoms with Crippen LogP contribution in [0.15, 0.2) is 0 Å². The average Bonchev–Trinajstić information content (AvgIpc) is 2.34. The van der Waals surface area contributed by atoms with Crippen molar-refractivity contribution in [2.24, 2.45) is 5.92 Å². The van der Waals surface area contributed by atoms with Crippen LogP contribution >= 0.6 is 0 Å². The summed E-state index contributed by atoms with van der Waals surface area (Å²) in [7, 11) is 0. The first-order chi connectivity index (χ1) is 8.83. The maximum Gasteiger partial charge on any atom is 0.410 e. The first-order valence-corrected chi connectivity index (χ1v) is 7.15. The van der Waals surface area contributed by atoms with Crippen LogP contribution in [-0.4, -0.2) is 54.0 Å². The Kier molecular flexibility index (Phi) is 6.07. The molecule has 0 aromatic rings. The molecule has 0 bridgehead atoms. The fourth-order valence-electron chi connectivity index (χ4n) is 2.37. The Hall–Kier alpha value is -0.810. The van der Waals surface area contributed by atoms with Gasteiger partial charge in [-0.1, -0.05) is 0 Å². The van der Waals surface area contributed by atoms with E-state index in [-0.39, 0.29) is 12.7 Å². The predicted molar refractivity (Wildman–Crippen MR) is 75.1 cm³/mol. The summed E-state index contributed by atoms with van der Waals surface area (Å²) in [6, 6.07) is 0.303. The third kappa shape index (κ3) is 5.78. The number of amides is 1. The van der Waals surface area contributed by atoms with Crippen molar-refractivity contribution in [3.8, 4) is 0 Å². The second-order valence-corrected chi connectivity index (χ2v) is 6.30. The minimum atomic E-state index is -0.440. The number of aliphatic hydroxyl groups excluding tert-OH is 1. The third-order valence-corrected chi connectivity index (χ3v) is 3.39. The van der Waals surface area contributed by atoms with Crippen molar-refractivity contribution >= 4 is 6.09 Å². The van der Waals surface area contributed by atoms with E-state index < -0.39 is 5.60 Å². The van der Waals surface area contributed by atoms with Gasteiger partial charge in [0, 0.05) is 25.7 Å². The molecule has 1 aliphatic heterocycles. The van der Waals surface area contributed by atoms with E-state index in [2.05, 4.69) is 12.2 Å². The largest absolute Gasteiger partial charge is 0.444 e. The standard InChI is InChI=1S/C14H28N2O3/c1-11(15-7-9-17)12-6-5-8-16(10-12)13(18)19-14(2,3)4/h11-12,15,17H,5-10H2,1-4H3. The molecule has 1 saturated heterocycles. The fraction of sp³-hybridized carbons (Fsp3) is 0.929. The van der Waals surface area contributed by atoms with Gasteiger partial charge in [0.25, 0.3) is 0 Å². The highest BCUT2D eigenvalue weighted by molar-refractivity contribution is 5.68. The zero-order valence-electron chi connectivity index (χ0n) is 12.6. The Morgan fingerprint density at radius 1 is 1.53 bits per heavy atom. The highest BCUT2D eigenvalue weighted by atomic mass is 16.6. The highest BCUT2D eigenvalue weighted by Crippen LogP contribution is 2.21. The lowest BCUT2D eigenvalue weighted by Crippen LogP contribution is -2.48. The maximum absolute atomic E-state index is 12.0. The Labute approximate surface area is 116 Å². The number of ether oxygens (including phenoxy) is 1. The molecule has 0 aliphatic carbocycles. The zero-order valence-corrected chi connectivity index (χ0v) is 12.6. The molecule has 1 rings (SSSR count). The molecule has 2 unspecified atom stereocenters. The lowest BCUT2D eigenvalue weighted by atomic mass is 9.92. The Morgan fingerprint density at radius 3 is 2.79 bits per heavy atom. The molecule has 0 spiro atoms. The van der Waals surface area contributed by atoms with Crippen molar-refractivity contribution in [1.82, 2.24) is 10.2 Å². The number of carbonyl (C=O) groups excluding carboxylic acids is 1. The van der Waals surface area contributed by atoms with E-state index in [1.54, 1.807) is 4.90 Å². The van der Waals surface area contributed by atoms with Crippen LogP contribution in [0.3, 0.4) is 0 Å². The molecular formula is C14H28N2O3. The summed E-state index contributed by atoms with van der Waals surface area (Å²) >= 11 is 0. The van der Waals surface area contributed by atoms with Crippen molar-refractivity contribution in [2.45, 2.75) is 52.2 Å². The number of piperidine rings is 1. The molecule has 1 amide bonds. The topological polar surface area (TPSA) is 61.8 Å². The number of hydrogen-bond acceptors (Lipinski definition) is 4.